The summed E-state index contributed by atoms with van der Waals surface area (Å²) < 4.78 is 18.3. The van der Waals surface area contributed by atoms with Gasteiger partial charge in [0.05, 0.1) is 0 Å². The first-order valence-corrected chi connectivity index (χ1v) is 7.05. The average Bonchev–Trinajstić information content (AvgIpc) is 2.97. The van der Waals surface area contributed by atoms with Crippen molar-refractivity contribution in [2.45, 2.75) is 19.9 Å². The maximum absolute atomic E-state index is 13.2. The van der Waals surface area contributed by atoms with Crippen molar-refractivity contribution in [3.8, 4) is 11.4 Å². The number of rotatable bonds is 6. The third kappa shape index (κ3) is 3.88. The second kappa shape index (κ2) is 7.13. The lowest BCUT2D eigenvalue weighted by Crippen LogP contribution is -2.35. The molecule has 2 unspecified atom stereocenters. The van der Waals surface area contributed by atoms with Crippen LogP contribution in [0.3, 0.4) is 0 Å². The minimum absolute atomic E-state index is 0.104. The number of carbonyl (C=O) groups excluding carboxylic acids is 1. The van der Waals surface area contributed by atoms with Gasteiger partial charge in [0, 0.05) is 18.0 Å². The van der Waals surface area contributed by atoms with E-state index < -0.39 is 6.04 Å². The molecule has 1 heterocycles. The van der Waals surface area contributed by atoms with Crippen LogP contribution >= 0.6 is 0 Å². The van der Waals surface area contributed by atoms with E-state index in [0.717, 1.165) is 0 Å². The molecule has 1 aromatic heterocycles. The lowest BCUT2D eigenvalue weighted by Gasteiger charge is -2.14. The van der Waals surface area contributed by atoms with Crippen LogP contribution in [0.15, 0.2) is 28.8 Å². The SMILES string of the molecule is CNCC(C)C(=O)NC(C)c1nc(-c2cccc(F)c2)no1. The second-order valence-electron chi connectivity index (χ2n) is 5.16. The van der Waals surface area contributed by atoms with Crippen molar-refractivity contribution in [2.75, 3.05) is 13.6 Å². The van der Waals surface area contributed by atoms with Crippen LogP contribution < -0.4 is 10.6 Å². The summed E-state index contributed by atoms with van der Waals surface area (Å²) in [7, 11) is 1.79. The quantitative estimate of drug-likeness (QED) is 0.852. The third-order valence-corrected chi connectivity index (χ3v) is 3.21. The number of carbonyl (C=O) groups is 1. The fraction of sp³-hybridized carbons (Fsp3) is 0.400. The number of nitrogens with one attached hydrogen (secondary N) is 2. The predicted molar refractivity (Wildman–Crippen MR) is 79.3 cm³/mol. The summed E-state index contributed by atoms with van der Waals surface area (Å²) >= 11 is 0. The number of hydrogen-bond donors (Lipinski definition) is 2. The molecule has 7 heteroatoms. The van der Waals surface area contributed by atoms with Crippen LogP contribution in [-0.2, 0) is 4.79 Å². The number of benzene rings is 1. The highest BCUT2D eigenvalue weighted by Crippen LogP contribution is 2.19. The molecule has 1 aromatic carbocycles. The zero-order valence-electron chi connectivity index (χ0n) is 12.8. The zero-order valence-corrected chi connectivity index (χ0v) is 12.8. The highest BCUT2D eigenvalue weighted by molar-refractivity contribution is 5.78. The molecule has 0 saturated carbocycles. The summed E-state index contributed by atoms with van der Waals surface area (Å²) in [4.78, 5) is 16.2. The van der Waals surface area contributed by atoms with Crippen LogP contribution in [0.25, 0.3) is 11.4 Å². The molecule has 0 spiro atoms. The zero-order chi connectivity index (χ0) is 16.1. The summed E-state index contributed by atoms with van der Waals surface area (Å²) in [5.41, 5.74) is 0.525. The van der Waals surface area contributed by atoms with Gasteiger partial charge in [0.15, 0.2) is 0 Å². The predicted octanol–water partition coefficient (Wildman–Crippen LogP) is 1.91. The molecule has 0 aliphatic rings. The van der Waals surface area contributed by atoms with Crippen molar-refractivity contribution in [1.82, 2.24) is 20.8 Å². The molecule has 0 fully saturated rings. The van der Waals surface area contributed by atoms with Crippen LogP contribution in [0.5, 0.6) is 0 Å². The molecule has 2 rings (SSSR count). The van der Waals surface area contributed by atoms with Crippen LogP contribution in [0.4, 0.5) is 4.39 Å². The lowest BCUT2D eigenvalue weighted by molar-refractivity contribution is -0.125. The van der Waals surface area contributed by atoms with E-state index in [4.69, 9.17) is 4.52 Å². The Kier molecular flexibility index (Phi) is 5.21. The number of hydrogen-bond acceptors (Lipinski definition) is 5. The first-order valence-electron chi connectivity index (χ1n) is 7.05. The maximum Gasteiger partial charge on any atom is 0.249 e. The van der Waals surface area contributed by atoms with Gasteiger partial charge in [0.25, 0.3) is 0 Å². The van der Waals surface area contributed by atoms with Gasteiger partial charge >= 0.3 is 0 Å². The van der Waals surface area contributed by atoms with Crippen molar-refractivity contribution in [3.63, 3.8) is 0 Å². The summed E-state index contributed by atoms with van der Waals surface area (Å²) in [6.45, 7) is 4.16. The van der Waals surface area contributed by atoms with Crippen molar-refractivity contribution < 1.29 is 13.7 Å². The number of aromatic nitrogens is 2. The summed E-state index contributed by atoms with van der Waals surface area (Å²) in [6, 6.07) is 5.52. The van der Waals surface area contributed by atoms with Gasteiger partial charge < -0.3 is 15.2 Å². The van der Waals surface area contributed by atoms with E-state index in [1.54, 1.807) is 26.1 Å². The van der Waals surface area contributed by atoms with E-state index in [1.165, 1.54) is 12.1 Å². The third-order valence-electron chi connectivity index (χ3n) is 3.21. The minimum Gasteiger partial charge on any atom is -0.344 e. The molecule has 22 heavy (non-hydrogen) atoms. The van der Waals surface area contributed by atoms with E-state index >= 15 is 0 Å². The standard InChI is InChI=1S/C15H19FN4O2/c1-9(8-17-3)14(21)18-10(2)15-19-13(20-22-15)11-5-4-6-12(16)7-11/h4-7,9-10,17H,8H2,1-3H3,(H,18,21). The molecule has 2 aromatic rings. The Morgan fingerprint density at radius 1 is 1.41 bits per heavy atom. The van der Waals surface area contributed by atoms with Crippen molar-refractivity contribution in [1.29, 1.82) is 0 Å². The van der Waals surface area contributed by atoms with Gasteiger partial charge in [-0.05, 0) is 26.1 Å². The monoisotopic (exact) mass is 306 g/mol. The van der Waals surface area contributed by atoms with E-state index in [2.05, 4.69) is 20.8 Å². The van der Waals surface area contributed by atoms with E-state index in [0.29, 0.717) is 17.9 Å². The van der Waals surface area contributed by atoms with Gasteiger partial charge in [-0.3, -0.25) is 4.79 Å². The molecule has 118 valence electrons. The van der Waals surface area contributed by atoms with E-state index in [9.17, 15) is 9.18 Å². The Balaban J connectivity index is 2.06. The number of amides is 1. The normalized spacial score (nSPS) is 13.6. The second-order valence-corrected chi connectivity index (χ2v) is 5.16. The van der Waals surface area contributed by atoms with Crippen LogP contribution in [-0.4, -0.2) is 29.6 Å². The topological polar surface area (TPSA) is 80.0 Å². The van der Waals surface area contributed by atoms with Gasteiger partial charge in [-0.2, -0.15) is 4.98 Å². The van der Waals surface area contributed by atoms with Crippen LogP contribution in [0.1, 0.15) is 25.8 Å². The molecule has 0 bridgehead atoms. The number of nitrogens with zero attached hydrogens (tertiary/aromatic N) is 2. The molecule has 2 atom stereocenters. The highest BCUT2D eigenvalue weighted by atomic mass is 19.1. The van der Waals surface area contributed by atoms with Gasteiger partial charge in [-0.1, -0.05) is 24.2 Å². The summed E-state index contributed by atoms with van der Waals surface area (Å²) in [5, 5.41) is 9.57. The Bertz CT molecular complexity index is 644. The molecule has 2 N–H and O–H groups in total. The first kappa shape index (κ1) is 16.1. The molecule has 0 aliphatic carbocycles. The van der Waals surface area contributed by atoms with Gasteiger partial charge in [0.2, 0.25) is 17.6 Å². The first-order chi connectivity index (χ1) is 10.5. The fourth-order valence-corrected chi connectivity index (χ4v) is 1.97. The Labute approximate surface area is 128 Å². The lowest BCUT2D eigenvalue weighted by atomic mass is 10.1. The minimum atomic E-state index is -0.415. The van der Waals surface area contributed by atoms with Crippen molar-refractivity contribution in [3.05, 3.63) is 36.0 Å². The molecular weight excluding hydrogens is 287 g/mol. The van der Waals surface area contributed by atoms with E-state index in [-0.39, 0.29) is 23.5 Å². The Morgan fingerprint density at radius 2 is 2.18 bits per heavy atom. The van der Waals surface area contributed by atoms with Gasteiger partial charge in [-0.25, -0.2) is 4.39 Å². The van der Waals surface area contributed by atoms with E-state index in [1.807, 2.05) is 6.92 Å². The highest BCUT2D eigenvalue weighted by Gasteiger charge is 2.20. The van der Waals surface area contributed by atoms with Gasteiger partial charge in [-0.15, -0.1) is 0 Å². The van der Waals surface area contributed by atoms with Crippen molar-refractivity contribution in [2.24, 2.45) is 5.92 Å². The van der Waals surface area contributed by atoms with Crippen molar-refractivity contribution >= 4 is 5.91 Å². The molecule has 0 saturated heterocycles. The maximum atomic E-state index is 13.2. The molecule has 0 radical (unpaired) electrons. The number of halogens is 1. The Hall–Kier alpha value is -2.28. The smallest absolute Gasteiger partial charge is 0.249 e. The largest absolute Gasteiger partial charge is 0.344 e. The molecule has 0 aliphatic heterocycles. The van der Waals surface area contributed by atoms with Gasteiger partial charge in [0.1, 0.15) is 11.9 Å². The molecule has 1 amide bonds. The fourth-order valence-electron chi connectivity index (χ4n) is 1.97. The summed E-state index contributed by atoms with van der Waals surface area (Å²) in [6.07, 6.45) is 0. The average molecular weight is 306 g/mol. The summed E-state index contributed by atoms with van der Waals surface area (Å²) in [5.74, 6) is -0.0698. The molecule has 6 nitrogen and oxygen atoms in total. The Morgan fingerprint density at radius 3 is 2.86 bits per heavy atom. The van der Waals surface area contributed by atoms with Crippen LogP contribution in [0, 0.1) is 11.7 Å². The van der Waals surface area contributed by atoms with Crippen LogP contribution in [0.2, 0.25) is 0 Å². The molecular formula is C15H19FN4O2.